The maximum atomic E-state index is 12.0. The molecule has 1 amide bonds. The predicted molar refractivity (Wildman–Crippen MR) is 83.3 cm³/mol. The van der Waals surface area contributed by atoms with Crippen LogP contribution in [0.1, 0.15) is 27.0 Å². The van der Waals surface area contributed by atoms with Crippen LogP contribution in [0.5, 0.6) is 0 Å². The SMILES string of the molecule is Cc1cscc1C(=O)NCc1cccc(C=CC(=O)O)c1. The van der Waals surface area contributed by atoms with Crippen molar-refractivity contribution >= 4 is 29.3 Å². The van der Waals surface area contributed by atoms with Gasteiger partial charge in [-0.05, 0) is 41.1 Å². The van der Waals surface area contributed by atoms with Crippen LogP contribution >= 0.6 is 11.3 Å². The van der Waals surface area contributed by atoms with Gasteiger partial charge in [0.05, 0.1) is 5.56 Å². The van der Waals surface area contributed by atoms with E-state index in [1.165, 1.54) is 17.4 Å². The van der Waals surface area contributed by atoms with Crippen molar-refractivity contribution in [2.75, 3.05) is 0 Å². The summed E-state index contributed by atoms with van der Waals surface area (Å²) in [6, 6.07) is 7.38. The fraction of sp³-hybridized carbons (Fsp3) is 0.125. The zero-order valence-corrected chi connectivity index (χ0v) is 12.3. The lowest BCUT2D eigenvalue weighted by atomic mass is 10.1. The highest BCUT2D eigenvalue weighted by molar-refractivity contribution is 7.08. The van der Waals surface area contributed by atoms with Gasteiger partial charge in [0.25, 0.3) is 5.91 Å². The van der Waals surface area contributed by atoms with E-state index in [9.17, 15) is 9.59 Å². The van der Waals surface area contributed by atoms with Crippen LogP contribution in [0.3, 0.4) is 0 Å². The molecule has 0 atom stereocenters. The standard InChI is InChI=1S/C16H15NO3S/c1-11-9-21-10-14(11)16(20)17-8-13-4-2-3-12(7-13)5-6-15(18)19/h2-7,9-10H,8H2,1H3,(H,17,20)(H,18,19). The first-order chi connectivity index (χ1) is 10.1. The summed E-state index contributed by atoms with van der Waals surface area (Å²) in [4.78, 5) is 22.5. The summed E-state index contributed by atoms with van der Waals surface area (Å²) in [6.45, 7) is 2.31. The molecule has 21 heavy (non-hydrogen) atoms. The summed E-state index contributed by atoms with van der Waals surface area (Å²) >= 11 is 1.50. The topological polar surface area (TPSA) is 66.4 Å². The molecule has 4 nitrogen and oxygen atoms in total. The molecule has 0 aliphatic carbocycles. The molecule has 5 heteroatoms. The molecule has 1 heterocycles. The molecule has 0 saturated carbocycles. The Labute approximate surface area is 126 Å². The molecular formula is C16H15NO3S. The Hall–Kier alpha value is -2.40. The van der Waals surface area contributed by atoms with E-state index in [0.29, 0.717) is 12.1 Å². The monoisotopic (exact) mass is 301 g/mol. The third-order valence-corrected chi connectivity index (χ3v) is 3.78. The minimum atomic E-state index is -0.985. The van der Waals surface area contributed by atoms with Crippen molar-refractivity contribution in [3.8, 4) is 0 Å². The van der Waals surface area contributed by atoms with Crippen molar-refractivity contribution in [2.24, 2.45) is 0 Å². The van der Waals surface area contributed by atoms with Crippen molar-refractivity contribution < 1.29 is 14.7 Å². The maximum Gasteiger partial charge on any atom is 0.328 e. The number of nitrogens with one attached hydrogen (secondary N) is 1. The molecule has 0 bridgehead atoms. The first kappa shape index (κ1) is 15.0. The normalized spacial score (nSPS) is 10.7. The molecule has 108 valence electrons. The van der Waals surface area contributed by atoms with E-state index in [1.807, 2.05) is 41.9 Å². The number of aliphatic carboxylic acids is 1. The molecule has 0 aliphatic rings. The molecule has 0 saturated heterocycles. The fourth-order valence-electron chi connectivity index (χ4n) is 1.84. The Morgan fingerprint density at radius 3 is 2.81 bits per heavy atom. The van der Waals surface area contributed by atoms with Crippen LogP contribution in [0.25, 0.3) is 6.08 Å². The van der Waals surface area contributed by atoms with Crippen LogP contribution in [0.4, 0.5) is 0 Å². The van der Waals surface area contributed by atoms with Crippen molar-refractivity contribution in [1.29, 1.82) is 0 Å². The molecule has 0 spiro atoms. The summed E-state index contributed by atoms with van der Waals surface area (Å²) in [5.41, 5.74) is 3.37. The van der Waals surface area contributed by atoms with Gasteiger partial charge in [0.15, 0.2) is 0 Å². The number of hydrogen-bond donors (Lipinski definition) is 2. The second-order valence-electron chi connectivity index (χ2n) is 4.57. The zero-order chi connectivity index (χ0) is 15.2. The number of hydrogen-bond acceptors (Lipinski definition) is 3. The summed E-state index contributed by atoms with van der Waals surface area (Å²) in [6.07, 6.45) is 2.61. The molecule has 1 aromatic carbocycles. The quantitative estimate of drug-likeness (QED) is 0.834. The number of thiophene rings is 1. The van der Waals surface area contributed by atoms with Crippen molar-refractivity contribution in [1.82, 2.24) is 5.32 Å². The second kappa shape index (κ2) is 6.85. The highest BCUT2D eigenvalue weighted by Crippen LogP contribution is 2.14. The average Bonchev–Trinajstić information content (AvgIpc) is 2.89. The second-order valence-corrected chi connectivity index (χ2v) is 5.31. The van der Waals surface area contributed by atoms with Gasteiger partial charge in [-0.2, -0.15) is 11.3 Å². The molecule has 0 unspecified atom stereocenters. The van der Waals surface area contributed by atoms with Gasteiger partial charge in [0.2, 0.25) is 0 Å². The molecule has 0 fully saturated rings. The first-order valence-electron chi connectivity index (χ1n) is 6.37. The predicted octanol–water partition coefficient (Wildman–Crippen LogP) is 3.08. The minimum absolute atomic E-state index is 0.0970. The highest BCUT2D eigenvalue weighted by Gasteiger charge is 2.09. The van der Waals surface area contributed by atoms with Gasteiger partial charge in [0.1, 0.15) is 0 Å². The first-order valence-corrected chi connectivity index (χ1v) is 7.31. The molecule has 2 aromatic rings. The Bertz CT molecular complexity index is 688. The Balaban J connectivity index is 2.00. The zero-order valence-electron chi connectivity index (χ0n) is 11.5. The third-order valence-electron chi connectivity index (χ3n) is 2.92. The largest absolute Gasteiger partial charge is 0.478 e. The number of carboxylic acid groups (broad SMARTS) is 1. The van der Waals surface area contributed by atoms with Crippen LogP contribution in [-0.4, -0.2) is 17.0 Å². The number of carbonyl (C=O) groups excluding carboxylic acids is 1. The van der Waals surface area contributed by atoms with E-state index in [0.717, 1.165) is 22.8 Å². The minimum Gasteiger partial charge on any atom is -0.478 e. The number of carbonyl (C=O) groups is 2. The van der Waals surface area contributed by atoms with Crippen LogP contribution in [-0.2, 0) is 11.3 Å². The average molecular weight is 301 g/mol. The Morgan fingerprint density at radius 2 is 2.14 bits per heavy atom. The van der Waals surface area contributed by atoms with Crippen LogP contribution in [0, 0.1) is 6.92 Å². The highest BCUT2D eigenvalue weighted by atomic mass is 32.1. The van der Waals surface area contributed by atoms with Crippen LogP contribution < -0.4 is 5.32 Å². The molecular weight excluding hydrogens is 286 g/mol. The lowest BCUT2D eigenvalue weighted by molar-refractivity contribution is -0.131. The molecule has 2 N–H and O–H groups in total. The molecule has 2 rings (SSSR count). The lowest BCUT2D eigenvalue weighted by Crippen LogP contribution is -2.22. The molecule has 0 radical (unpaired) electrons. The van der Waals surface area contributed by atoms with Gasteiger partial charge in [-0.25, -0.2) is 4.79 Å². The van der Waals surface area contributed by atoms with Crippen LogP contribution in [0.15, 0.2) is 41.1 Å². The van der Waals surface area contributed by atoms with Crippen molar-refractivity contribution in [3.63, 3.8) is 0 Å². The van der Waals surface area contributed by atoms with E-state index in [4.69, 9.17) is 5.11 Å². The van der Waals surface area contributed by atoms with Gasteiger partial charge in [-0.1, -0.05) is 18.2 Å². The van der Waals surface area contributed by atoms with Crippen molar-refractivity contribution in [3.05, 3.63) is 63.4 Å². The third kappa shape index (κ3) is 4.29. The number of benzene rings is 1. The van der Waals surface area contributed by atoms with E-state index in [2.05, 4.69) is 5.32 Å². The summed E-state index contributed by atoms with van der Waals surface area (Å²) in [5.74, 6) is -1.08. The number of amides is 1. The van der Waals surface area contributed by atoms with E-state index in [1.54, 1.807) is 0 Å². The van der Waals surface area contributed by atoms with Gasteiger partial charge in [0, 0.05) is 18.0 Å². The summed E-state index contributed by atoms with van der Waals surface area (Å²) in [7, 11) is 0. The van der Waals surface area contributed by atoms with Gasteiger partial charge >= 0.3 is 5.97 Å². The lowest BCUT2D eigenvalue weighted by Gasteiger charge is -2.06. The smallest absolute Gasteiger partial charge is 0.328 e. The number of aryl methyl sites for hydroxylation is 1. The maximum absolute atomic E-state index is 12.0. The van der Waals surface area contributed by atoms with E-state index >= 15 is 0 Å². The number of rotatable bonds is 5. The Morgan fingerprint density at radius 1 is 1.33 bits per heavy atom. The van der Waals surface area contributed by atoms with Gasteiger partial charge < -0.3 is 10.4 Å². The van der Waals surface area contributed by atoms with Crippen LogP contribution in [0.2, 0.25) is 0 Å². The van der Waals surface area contributed by atoms with E-state index < -0.39 is 5.97 Å². The fourth-order valence-corrected chi connectivity index (χ4v) is 2.67. The summed E-state index contributed by atoms with van der Waals surface area (Å²) in [5, 5.41) is 15.2. The number of carboxylic acids is 1. The van der Waals surface area contributed by atoms with Gasteiger partial charge in [-0.15, -0.1) is 0 Å². The molecule has 0 aliphatic heterocycles. The van der Waals surface area contributed by atoms with E-state index in [-0.39, 0.29) is 5.91 Å². The summed E-state index contributed by atoms with van der Waals surface area (Å²) < 4.78 is 0. The van der Waals surface area contributed by atoms with Gasteiger partial charge in [-0.3, -0.25) is 4.79 Å². The van der Waals surface area contributed by atoms with Crippen molar-refractivity contribution in [2.45, 2.75) is 13.5 Å². The molecule has 1 aromatic heterocycles. The Kier molecular flexibility index (Phi) is 4.90.